The van der Waals surface area contributed by atoms with Gasteiger partial charge in [-0.15, -0.1) is 0 Å². The molecule has 0 saturated carbocycles. The molecule has 0 atom stereocenters. The third-order valence-electron chi connectivity index (χ3n) is 2.98. The Labute approximate surface area is 97.2 Å². The van der Waals surface area contributed by atoms with Crippen molar-refractivity contribution in [2.24, 2.45) is 0 Å². The van der Waals surface area contributed by atoms with Gasteiger partial charge in [0.25, 0.3) is 0 Å². The van der Waals surface area contributed by atoms with Crippen molar-refractivity contribution in [1.82, 2.24) is 4.90 Å². The monoisotopic (exact) mass is 220 g/mol. The molecule has 0 aromatic heterocycles. The molecule has 0 radical (unpaired) electrons. The molecule has 1 aromatic rings. The SMILES string of the molecule is Nc1cccc(CCN2CCCOCC2)c1. The largest absolute Gasteiger partial charge is 0.399 e. The van der Waals surface area contributed by atoms with Gasteiger partial charge in [0.2, 0.25) is 0 Å². The molecule has 1 saturated heterocycles. The number of anilines is 1. The summed E-state index contributed by atoms with van der Waals surface area (Å²) in [4.78, 5) is 2.47. The Morgan fingerprint density at radius 3 is 3.06 bits per heavy atom. The first-order valence-corrected chi connectivity index (χ1v) is 5.99. The molecule has 2 N–H and O–H groups in total. The van der Waals surface area contributed by atoms with Gasteiger partial charge in [0, 0.05) is 31.9 Å². The van der Waals surface area contributed by atoms with E-state index < -0.39 is 0 Å². The molecule has 1 aliphatic rings. The van der Waals surface area contributed by atoms with Crippen LogP contribution >= 0.6 is 0 Å². The second-order valence-electron chi connectivity index (χ2n) is 4.30. The van der Waals surface area contributed by atoms with Gasteiger partial charge in [0.15, 0.2) is 0 Å². The molecule has 0 bridgehead atoms. The predicted molar refractivity (Wildman–Crippen MR) is 66.4 cm³/mol. The highest BCUT2D eigenvalue weighted by Gasteiger charge is 2.08. The maximum Gasteiger partial charge on any atom is 0.0593 e. The van der Waals surface area contributed by atoms with Crippen molar-refractivity contribution in [2.75, 3.05) is 38.6 Å². The number of rotatable bonds is 3. The summed E-state index contributed by atoms with van der Waals surface area (Å²) in [5.41, 5.74) is 7.94. The minimum atomic E-state index is 0.858. The molecular formula is C13H20N2O. The molecule has 1 fully saturated rings. The highest BCUT2D eigenvalue weighted by molar-refractivity contribution is 5.40. The molecule has 1 aromatic carbocycles. The van der Waals surface area contributed by atoms with Gasteiger partial charge >= 0.3 is 0 Å². The number of nitrogens with two attached hydrogens (primary N) is 1. The van der Waals surface area contributed by atoms with Crippen molar-refractivity contribution in [3.05, 3.63) is 29.8 Å². The third kappa shape index (κ3) is 3.51. The normalized spacial score (nSPS) is 18.2. The van der Waals surface area contributed by atoms with Crippen LogP contribution in [0.4, 0.5) is 5.69 Å². The number of hydrogen-bond acceptors (Lipinski definition) is 3. The first-order chi connectivity index (χ1) is 7.84. The van der Waals surface area contributed by atoms with Crippen LogP contribution in [-0.4, -0.2) is 37.7 Å². The van der Waals surface area contributed by atoms with E-state index in [0.29, 0.717) is 0 Å². The molecule has 1 heterocycles. The Morgan fingerprint density at radius 2 is 2.19 bits per heavy atom. The average Bonchev–Trinajstić information content (AvgIpc) is 2.55. The van der Waals surface area contributed by atoms with Crippen LogP contribution in [0.5, 0.6) is 0 Å². The van der Waals surface area contributed by atoms with E-state index in [1.807, 2.05) is 12.1 Å². The van der Waals surface area contributed by atoms with Gasteiger partial charge in [-0.2, -0.15) is 0 Å². The molecule has 88 valence electrons. The van der Waals surface area contributed by atoms with Crippen LogP contribution in [-0.2, 0) is 11.2 Å². The summed E-state index contributed by atoms with van der Waals surface area (Å²) in [5.74, 6) is 0. The van der Waals surface area contributed by atoms with Gasteiger partial charge in [-0.25, -0.2) is 0 Å². The lowest BCUT2D eigenvalue weighted by molar-refractivity contribution is 0.141. The Hall–Kier alpha value is -1.06. The van der Waals surface area contributed by atoms with Gasteiger partial charge in [-0.1, -0.05) is 12.1 Å². The molecule has 3 heteroatoms. The first-order valence-electron chi connectivity index (χ1n) is 5.99. The van der Waals surface area contributed by atoms with Crippen LogP contribution in [0.3, 0.4) is 0 Å². The Morgan fingerprint density at radius 1 is 1.25 bits per heavy atom. The third-order valence-corrected chi connectivity index (χ3v) is 2.98. The Kier molecular flexibility index (Phi) is 4.19. The van der Waals surface area contributed by atoms with E-state index in [2.05, 4.69) is 17.0 Å². The quantitative estimate of drug-likeness (QED) is 0.785. The standard InChI is InChI=1S/C13H20N2O/c14-13-4-1-3-12(11-13)5-7-15-6-2-9-16-10-8-15/h1,3-4,11H,2,5-10,14H2. The number of hydrogen-bond donors (Lipinski definition) is 1. The minimum Gasteiger partial charge on any atom is -0.399 e. The highest BCUT2D eigenvalue weighted by Crippen LogP contribution is 2.08. The molecule has 0 spiro atoms. The molecule has 16 heavy (non-hydrogen) atoms. The van der Waals surface area contributed by atoms with Crippen molar-refractivity contribution in [1.29, 1.82) is 0 Å². The molecule has 1 aliphatic heterocycles. The topological polar surface area (TPSA) is 38.5 Å². The Balaban J connectivity index is 1.81. The summed E-state index contributed by atoms with van der Waals surface area (Å²) in [5, 5.41) is 0. The van der Waals surface area contributed by atoms with Crippen LogP contribution in [0.25, 0.3) is 0 Å². The molecule has 0 aliphatic carbocycles. The summed E-state index contributed by atoms with van der Waals surface area (Å²) >= 11 is 0. The van der Waals surface area contributed by atoms with Crippen molar-refractivity contribution >= 4 is 5.69 Å². The molecule has 0 unspecified atom stereocenters. The summed E-state index contributed by atoms with van der Waals surface area (Å²) in [6, 6.07) is 8.17. The van der Waals surface area contributed by atoms with E-state index >= 15 is 0 Å². The number of nitrogen functional groups attached to an aromatic ring is 1. The second-order valence-corrected chi connectivity index (χ2v) is 4.30. The zero-order chi connectivity index (χ0) is 11.2. The lowest BCUT2D eigenvalue weighted by atomic mass is 10.1. The van der Waals surface area contributed by atoms with Crippen molar-refractivity contribution in [3.8, 4) is 0 Å². The van der Waals surface area contributed by atoms with Crippen molar-refractivity contribution < 1.29 is 4.74 Å². The lowest BCUT2D eigenvalue weighted by Crippen LogP contribution is -2.28. The number of ether oxygens (including phenoxy) is 1. The van der Waals surface area contributed by atoms with Crippen molar-refractivity contribution in [2.45, 2.75) is 12.8 Å². The smallest absolute Gasteiger partial charge is 0.0593 e. The zero-order valence-electron chi connectivity index (χ0n) is 9.69. The maximum absolute atomic E-state index is 5.76. The van der Waals surface area contributed by atoms with E-state index in [9.17, 15) is 0 Å². The van der Waals surface area contributed by atoms with E-state index in [-0.39, 0.29) is 0 Å². The average molecular weight is 220 g/mol. The van der Waals surface area contributed by atoms with Gasteiger partial charge < -0.3 is 15.4 Å². The number of nitrogens with zero attached hydrogens (tertiary/aromatic N) is 1. The van der Waals surface area contributed by atoms with Gasteiger partial charge in [0.05, 0.1) is 6.61 Å². The zero-order valence-corrected chi connectivity index (χ0v) is 9.69. The maximum atomic E-state index is 5.76. The van der Waals surface area contributed by atoms with E-state index in [4.69, 9.17) is 10.5 Å². The Bertz CT molecular complexity index is 319. The first kappa shape index (κ1) is 11.4. The van der Waals surface area contributed by atoms with Crippen LogP contribution in [0.1, 0.15) is 12.0 Å². The van der Waals surface area contributed by atoms with E-state index in [0.717, 1.165) is 51.4 Å². The molecular weight excluding hydrogens is 200 g/mol. The van der Waals surface area contributed by atoms with E-state index in [1.165, 1.54) is 5.56 Å². The van der Waals surface area contributed by atoms with Crippen LogP contribution < -0.4 is 5.73 Å². The van der Waals surface area contributed by atoms with Crippen LogP contribution in [0, 0.1) is 0 Å². The van der Waals surface area contributed by atoms with Crippen LogP contribution in [0.2, 0.25) is 0 Å². The predicted octanol–water partition coefficient (Wildman–Crippen LogP) is 1.53. The van der Waals surface area contributed by atoms with E-state index in [1.54, 1.807) is 0 Å². The molecule has 2 rings (SSSR count). The summed E-state index contributed by atoms with van der Waals surface area (Å²) in [7, 11) is 0. The fourth-order valence-electron chi connectivity index (χ4n) is 2.06. The fourth-order valence-corrected chi connectivity index (χ4v) is 2.06. The van der Waals surface area contributed by atoms with Gasteiger partial charge in [0.1, 0.15) is 0 Å². The lowest BCUT2D eigenvalue weighted by Gasteiger charge is -2.18. The highest BCUT2D eigenvalue weighted by atomic mass is 16.5. The van der Waals surface area contributed by atoms with Crippen LogP contribution in [0.15, 0.2) is 24.3 Å². The molecule has 0 amide bonds. The summed E-state index contributed by atoms with van der Waals surface area (Å²) in [6.45, 7) is 5.10. The molecule has 3 nitrogen and oxygen atoms in total. The number of benzene rings is 1. The van der Waals surface area contributed by atoms with Crippen molar-refractivity contribution in [3.63, 3.8) is 0 Å². The second kappa shape index (κ2) is 5.87. The van der Waals surface area contributed by atoms with Gasteiger partial charge in [-0.3, -0.25) is 0 Å². The fraction of sp³-hybridized carbons (Fsp3) is 0.538. The van der Waals surface area contributed by atoms with Gasteiger partial charge in [-0.05, 0) is 30.5 Å². The summed E-state index contributed by atoms with van der Waals surface area (Å²) in [6.07, 6.45) is 2.22. The minimum absolute atomic E-state index is 0.858. The summed E-state index contributed by atoms with van der Waals surface area (Å²) < 4.78 is 5.43.